The first-order valence-electron chi connectivity index (χ1n) is 11.1. The van der Waals surface area contributed by atoms with Gasteiger partial charge in [-0.1, -0.05) is 0 Å². The number of hydrogen-bond acceptors (Lipinski definition) is 6. The monoisotopic (exact) mass is 388 g/mol. The third-order valence-electron chi connectivity index (χ3n) is 6.80. The van der Waals surface area contributed by atoms with Crippen molar-refractivity contribution in [2.75, 3.05) is 39.3 Å². The summed E-state index contributed by atoms with van der Waals surface area (Å²) in [6.45, 7) is 19.1. The molecular formula is C22H40N6. The van der Waals surface area contributed by atoms with Crippen LogP contribution in [0.3, 0.4) is 0 Å². The topological polar surface area (TPSA) is 60.5 Å². The average Bonchev–Trinajstić information content (AvgIpc) is 2.70. The molecule has 2 heterocycles. The summed E-state index contributed by atoms with van der Waals surface area (Å²) in [6.07, 6.45) is 2.15. The summed E-state index contributed by atoms with van der Waals surface area (Å²) >= 11 is 0. The largest absolute Gasteiger partial charge is 0.297 e. The Bertz CT molecular complexity index is 512. The Morgan fingerprint density at radius 3 is 1.32 bits per heavy atom. The van der Waals surface area contributed by atoms with Gasteiger partial charge in [-0.25, -0.2) is 0 Å². The van der Waals surface area contributed by atoms with Crippen LogP contribution in [0.2, 0.25) is 0 Å². The Kier molecular flexibility index (Phi) is 8.71. The number of hydrogen-bond donors (Lipinski definition) is 0. The fourth-order valence-corrected chi connectivity index (χ4v) is 4.67. The molecule has 28 heavy (non-hydrogen) atoms. The molecule has 0 amide bonds. The van der Waals surface area contributed by atoms with Gasteiger partial charge in [0.15, 0.2) is 0 Å². The van der Waals surface area contributed by atoms with Gasteiger partial charge in [0.2, 0.25) is 0 Å². The molecule has 2 aliphatic rings. The van der Waals surface area contributed by atoms with E-state index in [9.17, 15) is 10.5 Å². The molecule has 2 rings (SSSR count). The lowest BCUT2D eigenvalue weighted by Crippen LogP contribution is -2.58. The lowest BCUT2D eigenvalue weighted by atomic mass is 10.0. The summed E-state index contributed by atoms with van der Waals surface area (Å²) in [4.78, 5) is 9.60. The molecule has 0 spiro atoms. The highest BCUT2D eigenvalue weighted by Crippen LogP contribution is 2.22. The second kappa shape index (κ2) is 10.6. The average molecular weight is 389 g/mol. The third-order valence-corrected chi connectivity index (χ3v) is 6.80. The van der Waals surface area contributed by atoms with Crippen molar-refractivity contribution >= 4 is 0 Å². The molecule has 2 saturated heterocycles. The molecule has 0 bridgehead atoms. The maximum Gasteiger partial charge on any atom is 0.111 e. The van der Waals surface area contributed by atoms with E-state index in [1.54, 1.807) is 0 Å². The van der Waals surface area contributed by atoms with Crippen molar-refractivity contribution in [1.29, 1.82) is 10.5 Å². The molecule has 0 saturated carbocycles. The van der Waals surface area contributed by atoms with Crippen LogP contribution < -0.4 is 0 Å². The predicted octanol–water partition coefficient (Wildman–Crippen LogP) is 2.38. The highest BCUT2D eigenvalue weighted by atomic mass is 15.3. The van der Waals surface area contributed by atoms with Crippen LogP contribution in [0.15, 0.2) is 0 Å². The van der Waals surface area contributed by atoms with E-state index in [0.717, 1.165) is 52.1 Å². The van der Waals surface area contributed by atoms with Gasteiger partial charge in [0.05, 0.1) is 12.1 Å². The van der Waals surface area contributed by atoms with Crippen molar-refractivity contribution in [3.05, 3.63) is 0 Å². The lowest BCUT2D eigenvalue weighted by molar-refractivity contribution is 0.0359. The Labute approximate surface area is 172 Å². The second-order valence-electron chi connectivity index (χ2n) is 9.22. The van der Waals surface area contributed by atoms with Crippen molar-refractivity contribution in [3.63, 3.8) is 0 Å². The minimum atomic E-state index is -0.0112. The normalized spacial score (nSPS) is 28.2. The Balaban J connectivity index is 1.87. The van der Waals surface area contributed by atoms with Gasteiger partial charge < -0.3 is 0 Å². The van der Waals surface area contributed by atoms with E-state index in [-0.39, 0.29) is 12.1 Å². The highest BCUT2D eigenvalue weighted by molar-refractivity contribution is 5.01. The Morgan fingerprint density at radius 1 is 0.679 bits per heavy atom. The van der Waals surface area contributed by atoms with E-state index in [2.05, 4.69) is 73.3 Å². The molecule has 2 aliphatic heterocycles. The number of piperazine rings is 2. The van der Waals surface area contributed by atoms with Crippen molar-refractivity contribution < 1.29 is 0 Å². The van der Waals surface area contributed by atoms with Gasteiger partial charge >= 0.3 is 0 Å². The number of rotatable bonds is 7. The first-order valence-corrected chi connectivity index (χ1v) is 11.1. The molecule has 6 nitrogen and oxygen atoms in total. The van der Waals surface area contributed by atoms with Crippen molar-refractivity contribution in [2.45, 2.75) is 90.6 Å². The summed E-state index contributed by atoms with van der Waals surface area (Å²) in [7, 11) is 0. The maximum atomic E-state index is 9.66. The molecule has 6 heteroatoms. The van der Waals surface area contributed by atoms with Crippen LogP contribution in [0.5, 0.6) is 0 Å². The SMILES string of the molecule is CC(C)N1CCN(C(C)CCC(C)N2CCN(C(C)C)CC2C#N)C(C#N)C1. The first kappa shape index (κ1) is 23.1. The van der Waals surface area contributed by atoms with E-state index >= 15 is 0 Å². The molecule has 0 aromatic rings. The zero-order valence-electron chi connectivity index (χ0n) is 18.8. The zero-order valence-corrected chi connectivity index (χ0v) is 18.8. The quantitative estimate of drug-likeness (QED) is 0.667. The zero-order chi connectivity index (χ0) is 20.8. The van der Waals surface area contributed by atoms with Crippen molar-refractivity contribution in [1.82, 2.24) is 19.6 Å². The fourth-order valence-electron chi connectivity index (χ4n) is 4.67. The number of nitriles is 2. The lowest BCUT2D eigenvalue weighted by Gasteiger charge is -2.44. The van der Waals surface area contributed by atoms with Crippen molar-refractivity contribution in [2.24, 2.45) is 0 Å². The smallest absolute Gasteiger partial charge is 0.111 e. The minimum Gasteiger partial charge on any atom is -0.297 e. The minimum absolute atomic E-state index is 0.0112. The predicted molar refractivity (Wildman–Crippen MR) is 114 cm³/mol. The standard InChI is InChI=1S/C22H40N6/c1-17(2)25-9-11-27(21(13-23)15-25)19(5)7-8-20(6)28-12-10-26(18(3)4)16-22(28)14-24/h17-22H,7-12,15-16H2,1-6H3. The second-order valence-corrected chi connectivity index (χ2v) is 9.22. The molecule has 2 fully saturated rings. The highest BCUT2D eigenvalue weighted by Gasteiger charge is 2.33. The Hall–Kier alpha value is -1.18. The maximum absolute atomic E-state index is 9.66. The van der Waals surface area contributed by atoms with Crippen molar-refractivity contribution in [3.8, 4) is 12.1 Å². The summed E-state index contributed by atoms with van der Waals surface area (Å²) in [5, 5.41) is 19.3. The van der Waals surface area contributed by atoms with Crippen LogP contribution in [0.1, 0.15) is 54.4 Å². The molecule has 158 valence electrons. The van der Waals surface area contributed by atoms with Crippen LogP contribution in [0.25, 0.3) is 0 Å². The van der Waals surface area contributed by atoms with Gasteiger partial charge in [-0.05, 0) is 54.4 Å². The molecule has 4 unspecified atom stereocenters. The third kappa shape index (κ3) is 5.67. The summed E-state index contributed by atoms with van der Waals surface area (Å²) in [5.74, 6) is 0. The van der Waals surface area contributed by atoms with E-state index in [1.807, 2.05) is 0 Å². The van der Waals surface area contributed by atoms with Gasteiger partial charge in [0.25, 0.3) is 0 Å². The van der Waals surface area contributed by atoms with Crippen LogP contribution in [-0.4, -0.2) is 95.1 Å². The molecule has 0 aromatic heterocycles. The molecule has 0 N–H and O–H groups in total. The van der Waals surface area contributed by atoms with E-state index in [0.29, 0.717) is 24.2 Å². The first-order chi connectivity index (χ1) is 13.3. The number of nitrogens with zero attached hydrogens (tertiary/aromatic N) is 6. The van der Waals surface area contributed by atoms with E-state index in [4.69, 9.17) is 0 Å². The van der Waals surface area contributed by atoms with Crippen LogP contribution in [0, 0.1) is 22.7 Å². The van der Waals surface area contributed by atoms with Crippen LogP contribution >= 0.6 is 0 Å². The van der Waals surface area contributed by atoms with Crippen LogP contribution in [-0.2, 0) is 0 Å². The molecule has 0 aromatic carbocycles. The van der Waals surface area contributed by atoms with E-state index < -0.39 is 0 Å². The van der Waals surface area contributed by atoms with E-state index in [1.165, 1.54) is 0 Å². The molecule has 4 atom stereocenters. The summed E-state index contributed by atoms with van der Waals surface area (Å²) in [5.41, 5.74) is 0. The van der Waals surface area contributed by atoms with Gasteiger partial charge in [0, 0.05) is 63.4 Å². The Morgan fingerprint density at radius 2 is 1.04 bits per heavy atom. The molecule has 0 aliphatic carbocycles. The van der Waals surface area contributed by atoms with Gasteiger partial charge in [0.1, 0.15) is 12.1 Å². The van der Waals surface area contributed by atoms with Gasteiger partial charge in [-0.15, -0.1) is 0 Å². The molecule has 0 radical (unpaired) electrons. The van der Waals surface area contributed by atoms with Gasteiger partial charge in [-0.3, -0.25) is 19.6 Å². The molecular weight excluding hydrogens is 348 g/mol. The fraction of sp³-hybridized carbons (Fsp3) is 0.909. The van der Waals surface area contributed by atoms with Gasteiger partial charge in [-0.2, -0.15) is 10.5 Å². The summed E-state index contributed by atoms with van der Waals surface area (Å²) in [6, 6.07) is 6.84. The summed E-state index contributed by atoms with van der Waals surface area (Å²) < 4.78 is 0. The van der Waals surface area contributed by atoms with Crippen LogP contribution in [0.4, 0.5) is 0 Å².